The zero-order chi connectivity index (χ0) is 20.1. The average molecular weight is 438 g/mol. The van der Waals surface area contributed by atoms with E-state index in [9.17, 15) is 9.59 Å². The van der Waals surface area contributed by atoms with E-state index in [0.29, 0.717) is 21.5 Å². The van der Waals surface area contributed by atoms with Gasteiger partial charge in [-0.05, 0) is 42.5 Å². The summed E-state index contributed by atoms with van der Waals surface area (Å²) in [4.78, 5) is 24.3. The smallest absolute Gasteiger partial charge is 0.338 e. The van der Waals surface area contributed by atoms with Crippen molar-refractivity contribution < 1.29 is 19.1 Å². The standard InChI is InChI=1S/C18H13Cl2N3O4S/c1-26-12-5-3-11(4-6-12)21-16(24)17-23-22-15(28-17)9-27-18(25)10-2-7-13(19)14(20)8-10/h2-8H,9H2,1H3,(H,21,24). The molecule has 10 heteroatoms. The van der Waals surface area contributed by atoms with Gasteiger partial charge >= 0.3 is 5.97 Å². The van der Waals surface area contributed by atoms with Crippen LogP contribution in [-0.2, 0) is 11.3 Å². The number of aromatic nitrogens is 2. The van der Waals surface area contributed by atoms with E-state index in [2.05, 4.69) is 15.5 Å². The third-order valence-electron chi connectivity index (χ3n) is 3.49. The first-order chi connectivity index (χ1) is 13.5. The number of rotatable bonds is 6. The molecular formula is C18H13Cl2N3O4S. The lowest BCUT2D eigenvalue weighted by Crippen LogP contribution is -2.11. The summed E-state index contributed by atoms with van der Waals surface area (Å²) in [5, 5.41) is 11.5. The lowest BCUT2D eigenvalue weighted by atomic mass is 10.2. The highest BCUT2D eigenvalue weighted by Gasteiger charge is 2.15. The molecule has 1 heterocycles. The van der Waals surface area contributed by atoms with Crippen molar-refractivity contribution in [3.63, 3.8) is 0 Å². The largest absolute Gasteiger partial charge is 0.497 e. The third-order valence-corrected chi connectivity index (χ3v) is 5.13. The van der Waals surface area contributed by atoms with Gasteiger partial charge in [0.1, 0.15) is 12.4 Å². The molecule has 3 aromatic rings. The van der Waals surface area contributed by atoms with Gasteiger partial charge in [0.2, 0.25) is 5.01 Å². The number of carbonyl (C=O) groups is 2. The molecule has 3 rings (SSSR count). The van der Waals surface area contributed by atoms with Crippen molar-refractivity contribution in [1.29, 1.82) is 0 Å². The zero-order valence-corrected chi connectivity index (χ0v) is 16.8. The number of hydrogen-bond acceptors (Lipinski definition) is 7. The van der Waals surface area contributed by atoms with Crippen LogP contribution in [0.4, 0.5) is 5.69 Å². The van der Waals surface area contributed by atoms with Crippen molar-refractivity contribution >= 4 is 52.1 Å². The SMILES string of the molecule is COc1ccc(NC(=O)c2nnc(COC(=O)c3ccc(Cl)c(Cl)c3)s2)cc1. The van der Waals surface area contributed by atoms with Gasteiger partial charge in [-0.3, -0.25) is 4.79 Å². The van der Waals surface area contributed by atoms with Crippen LogP contribution in [0.15, 0.2) is 42.5 Å². The Bertz CT molecular complexity index is 1010. The minimum atomic E-state index is -0.585. The fraction of sp³-hybridized carbons (Fsp3) is 0.111. The van der Waals surface area contributed by atoms with E-state index in [-0.39, 0.29) is 22.2 Å². The highest BCUT2D eigenvalue weighted by atomic mass is 35.5. The summed E-state index contributed by atoms with van der Waals surface area (Å²) in [6.07, 6.45) is 0. The molecule has 1 amide bonds. The quantitative estimate of drug-likeness (QED) is 0.572. The maximum atomic E-state index is 12.2. The van der Waals surface area contributed by atoms with Gasteiger partial charge < -0.3 is 14.8 Å². The highest BCUT2D eigenvalue weighted by Crippen LogP contribution is 2.23. The molecule has 0 fully saturated rings. The summed E-state index contributed by atoms with van der Waals surface area (Å²) in [6.45, 7) is -0.118. The van der Waals surface area contributed by atoms with Gasteiger partial charge in [-0.1, -0.05) is 34.5 Å². The normalized spacial score (nSPS) is 10.4. The van der Waals surface area contributed by atoms with E-state index >= 15 is 0 Å². The summed E-state index contributed by atoms with van der Waals surface area (Å²) < 4.78 is 10.2. The van der Waals surface area contributed by atoms with E-state index in [1.807, 2.05) is 0 Å². The number of benzene rings is 2. The lowest BCUT2D eigenvalue weighted by molar-refractivity contribution is 0.0471. The third kappa shape index (κ3) is 4.98. The van der Waals surface area contributed by atoms with Gasteiger partial charge in [0.25, 0.3) is 5.91 Å². The van der Waals surface area contributed by atoms with Crippen LogP contribution in [-0.4, -0.2) is 29.2 Å². The van der Waals surface area contributed by atoms with E-state index < -0.39 is 11.9 Å². The number of ether oxygens (including phenoxy) is 2. The van der Waals surface area contributed by atoms with Crippen molar-refractivity contribution in [3.8, 4) is 5.75 Å². The predicted molar refractivity (Wildman–Crippen MR) is 106 cm³/mol. The molecule has 7 nitrogen and oxygen atoms in total. The molecule has 2 aromatic carbocycles. The first-order valence-electron chi connectivity index (χ1n) is 7.86. The summed E-state index contributed by atoms with van der Waals surface area (Å²) in [7, 11) is 1.56. The Morgan fingerprint density at radius 2 is 1.82 bits per heavy atom. The number of halogens is 2. The monoisotopic (exact) mass is 437 g/mol. The van der Waals surface area contributed by atoms with Gasteiger partial charge in [-0.2, -0.15) is 0 Å². The van der Waals surface area contributed by atoms with Gasteiger partial charge in [-0.15, -0.1) is 10.2 Å². The van der Waals surface area contributed by atoms with Crippen LogP contribution in [0.25, 0.3) is 0 Å². The molecule has 0 aliphatic rings. The van der Waals surface area contributed by atoms with Gasteiger partial charge in [0, 0.05) is 5.69 Å². The van der Waals surface area contributed by atoms with Crippen molar-refractivity contribution in [3.05, 3.63) is 68.1 Å². The van der Waals surface area contributed by atoms with E-state index in [0.717, 1.165) is 11.3 Å². The molecule has 0 spiro atoms. The first kappa shape index (κ1) is 20.1. The van der Waals surface area contributed by atoms with E-state index in [1.54, 1.807) is 31.4 Å². The number of nitrogens with one attached hydrogen (secondary N) is 1. The molecule has 0 saturated carbocycles. The molecule has 0 radical (unpaired) electrons. The second-order valence-corrected chi connectivity index (χ2v) is 7.27. The van der Waals surface area contributed by atoms with Crippen molar-refractivity contribution in [2.45, 2.75) is 6.61 Å². The Labute approximate surface area is 174 Å². The Morgan fingerprint density at radius 1 is 1.07 bits per heavy atom. The van der Waals surface area contributed by atoms with Crippen molar-refractivity contribution in [2.24, 2.45) is 0 Å². The Balaban J connectivity index is 1.57. The topological polar surface area (TPSA) is 90.4 Å². The molecule has 0 bridgehead atoms. The van der Waals surface area contributed by atoms with Crippen LogP contribution in [0.1, 0.15) is 25.2 Å². The van der Waals surface area contributed by atoms with Crippen LogP contribution in [0, 0.1) is 0 Å². The van der Waals surface area contributed by atoms with Crippen LogP contribution >= 0.6 is 34.5 Å². The van der Waals surface area contributed by atoms with Crippen molar-refractivity contribution in [1.82, 2.24) is 10.2 Å². The molecule has 144 valence electrons. The number of esters is 1. The fourth-order valence-corrected chi connectivity index (χ4v) is 3.04. The number of methoxy groups -OCH3 is 1. The summed E-state index contributed by atoms with van der Waals surface area (Å²) in [5.41, 5.74) is 0.852. The molecule has 0 aliphatic carbocycles. The first-order valence-corrected chi connectivity index (χ1v) is 9.43. The summed E-state index contributed by atoms with van der Waals surface area (Å²) in [6, 6.07) is 11.3. The minimum absolute atomic E-state index is 0.118. The molecule has 0 saturated heterocycles. The molecular weight excluding hydrogens is 425 g/mol. The Morgan fingerprint density at radius 3 is 2.50 bits per heavy atom. The predicted octanol–water partition coefficient (Wildman–Crippen LogP) is 4.46. The molecule has 0 unspecified atom stereocenters. The van der Waals surface area contributed by atoms with Crippen molar-refractivity contribution in [2.75, 3.05) is 12.4 Å². The number of hydrogen-bond donors (Lipinski definition) is 1. The maximum Gasteiger partial charge on any atom is 0.338 e. The summed E-state index contributed by atoms with van der Waals surface area (Å²) in [5.74, 6) is -0.317. The second-order valence-electron chi connectivity index (χ2n) is 5.39. The average Bonchev–Trinajstić information content (AvgIpc) is 3.18. The summed E-state index contributed by atoms with van der Waals surface area (Å²) >= 11 is 12.7. The molecule has 0 aliphatic heterocycles. The molecule has 0 atom stereocenters. The van der Waals surface area contributed by atoms with E-state index in [4.69, 9.17) is 32.7 Å². The lowest BCUT2D eigenvalue weighted by Gasteiger charge is -2.04. The minimum Gasteiger partial charge on any atom is -0.497 e. The molecule has 28 heavy (non-hydrogen) atoms. The van der Waals surface area contributed by atoms with Gasteiger partial charge in [-0.25, -0.2) is 4.79 Å². The number of amides is 1. The fourth-order valence-electron chi connectivity index (χ4n) is 2.10. The van der Waals surface area contributed by atoms with Crippen LogP contribution < -0.4 is 10.1 Å². The zero-order valence-electron chi connectivity index (χ0n) is 14.4. The number of nitrogens with zero attached hydrogens (tertiary/aromatic N) is 2. The van der Waals surface area contributed by atoms with E-state index in [1.165, 1.54) is 18.2 Å². The van der Waals surface area contributed by atoms with Gasteiger partial charge in [0.15, 0.2) is 5.01 Å². The van der Waals surface area contributed by atoms with Gasteiger partial charge in [0.05, 0.1) is 22.7 Å². The molecule has 1 N–H and O–H groups in total. The maximum absolute atomic E-state index is 12.2. The highest BCUT2D eigenvalue weighted by molar-refractivity contribution is 7.13. The second kappa shape index (κ2) is 9.01. The van der Waals surface area contributed by atoms with Crippen LogP contribution in [0.3, 0.4) is 0 Å². The Kier molecular flexibility index (Phi) is 6.45. The van der Waals surface area contributed by atoms with Crippen LogP contribution in [0.5, 0.6) is 5.75 Å². The number of anilines is 1. The molecule has 1 aromatic heterocycles. The number of carbonyl (C=O) groups excluding carboxylic acids is 2. The van der Waals surface area contributed by atoms with Crippen LogP contribution in [0.2, 0.25) is 10.0 Å². The Hall–Kier alpha value is -2.68.